The van der Waals surface area contributed by atoms with Crippen LogP contribution in [-0.4, -0.2) is 29.3 Å². The zero-order valence-corrected chi connectivity index (χ0v) is 13.6. The van der Waals surface area contributed by atoms with Gasteiger partial charge in [-0.2, -0.15) is 4.72 Å². The van der Waals surface area contributed by atoms with Crippen molar-refractivity contribution in [3.8, 4) is 0 Å². The fraction of sp³-hybridized carbons (Fsp3) is 0.0714. The first-order chi connectivity index (χ1) is 12.1. The highest BCUT2D eigenvalue weighted by Crippen LogP contribution is 2.29. The van der Waals surface area contributed by atoms with E-state index in [1.165, 1.54) is 24.3 Å². The third-order valence-corrected chi connectivity index (χ3v) is 4.76. The Morgan fingerprint density at radius 2 is 1.65 bits per heavy atom. The van der Waals surface area contributed by atoms with Gasteiger partial charge in [-0.15, -0.1) is 0 Å². The van der Waals surface area contributed by atoms with Gasteiger partial charge in [-0.25, -0.2) is 8.42 Å². The molecule has 0 aliphatic carbocycles. The number of rotatable bonds is 7. The first kappa shape index (κ1) is 19.0. The van der Waals surface area contributed by atoms with E-state index in [1.807, 2.05) is 4.72 Å². The van der Waals surface area contributed by atoms with E-state index in [4.69, 9.17) is 0 Å². The zero-order valence-electron chi connectivity index (χ0n) is 12.8. The van der Waals surface area contributed by atoms with Crippen LogP contribution in [0.4, 0.5) is 11.4 Å². The number of non-ortho nitro benzene ring substituents is 1. The minimum atomic E-state index is -4.67. The molecule has 0 aliphatic heterocycles. The van der Waals surface area contributed by atoms with Crippen LogP contribution in [0.2, 0.25) is 0 Å². The summed E-state index contributed by atoms with van der Waals surface area (Å²) in [4.78, 5) is 30.4. The zero-order chi connectivity index (χ0) is 19.5. The number of hydrogen-bond acceptors (Lipinski definition) is 7. The standard InChI is InChI=1S/C14H11N3O8S/c18-14(19)13(9-4-2-1-3-5-9)15-26(24,25)12-7-6-10(16(20)21)8-11(12)17(22)23/h1-8,13,15H,(H,18,19)/t13-/m0/s1. The number of nitrogens with zero attached hydrogens (tertiary/aromatic N) is 2. The van der Waals surface area contributed by atoms with E-state index < -0.39 is 48.2 Å². The van der Waals surface area contributed by atoms with Crippen molar-refractivity contribution < 1.29 is 28.2 Å². The molecule has 0 aromatic heterocycles. The van der Waals surface area contributed by atoms with Gasteiger partial charge in [0.2, 0.25) is 10.0 Å². The number of sulfonamides is 1. The predicted molar refractivity (Wildman–Crippen MR) is 86.9 cm³/mol. The monoisotopic (exact) mass is 381 g/mol. The number of nitro groups is 2. The lowest BCUT2D eigenvalue weighted by molar-refractivity contribution is -0.396. The third-order valence-electron chi connectivity index (χ3n) is 3.29. The van der Waals surface area contributed by atoms with Crippen LogP contribution in [0.5, 0.6) is 0 Å². The molecule has 0 saturated heterocycles. The first-order valence-corrected chi connectivity index (χ1v) is 8.34. The molecule has 2 rings (SSSR count). The topological polar surface area (TPSA) is 170 Å². The molecule has 11 nitrogen and oxygen atoms in total. The minimum absolute atomic E-state index is 0.105. The number of benzene rings is 2. The molecule has 2 aromatic carbocycles. The van der Waals surface area contributed by atoms with Gasteiger partial charge in [0.25, 0.3) is 11.4 Å². The summed E-state index contributed by atoms with van der Waals surface area (Å²) in [5.41, 5.74) is -1.61. The smallest absolute Gasteiger partial charge is 0.326 e. The summed E-state index contributed by atoms with van der Waals surface area (Å²) in [6, 6.07) is 7.57. The van der Waals surface area contributed by atoms with Gasteiger partial charge < -0.3 is 5.11 Å². The summed E-state index contributed by atoms with van der Waals surface area (Å²) >= 11 is 0. The van der Waals surface area contributed by atoms with Gasteiger partial charge in [0.15, 0.2) is 4.90 Å². The van der Waals surface area contributed by atoms with Crippen molar-refractivity contribution in [3.63, 3.8) is 0 Å². The van der Waals surface area contributed by atoms with Crippen LogP contribution in [0.3, 0.4) is 0 Å². The normalized spacial score (nSPS) is 12.3. The maximum absolute atomic E-state index is 12.5. The number of carbonyl (C=O) groups is 1. The van der Waals surface area contributed by atoms with Crippen molar-refractivity contribution in [3.05, 3.63) is 74.3 Å². The third kappa shape index (κ3) is 3.99. The van der Waals surface area contributed by atoms with Crippen LogP contribution >= 0.6 is 0 Å². The quantitative estimate of drug-likeness (QED) is 0.538. The van der Waals surface area contributed by atoms with Gasteiger partial charge in [0, 0.05) is 6.07 Å². The summed E-state index contributed by atoms with van der Waals surface area (Å²) in [7, 11) is -4.67. The number of aliphatic carboxylic acids is 1. The van der Waals surface area contributed by atoms with Gasteiger partial charge in [-0.1, -0.05) is 30.3 Å². The Morgan fingerprint density at radius 1 is 1.04 bits per heavy atom. The van der Waals surface area contributed by atoms with Crippen LogP contribution in [0.25, 0.3) is 0 Å². The van der Waals surface area contributed by atoms with Crippen molar-refractivity contribution in [2.24, 2.45) is 0 Å². The molecule has 0 fully saturated rings. The average molecular weight is 381 g/mol. The number of carboxylic acids is 1. The number of carboxylic acid groups (broad SMARTS) is 1. The predicted octanol–water partition coefficient (Wildman–Crippen LogP) is 1.61. The lowest BCUT2D eigenvalue weighted by atomic mass is 10.1. The molecule has 0 aliphatic rings. The van der Waals surface area contributed by atoms with Crippen molar-refractivity contribution in [2.45, 2.75) is 10.9 Å². The molecule has 2 N–H and O–H groups in total. The van der Waals surface area contributed by atoms with Gasteiger partial charge in [0.1, 0.15) is 6.04 Å². The van der Waals surface area contributed by atoms with Crippen molar-refractivity contribution in [1.29, 1.82) is 0 Å². The van der Waals surface area contributed by atoms with Gasteiger partial charge in [0.05, 0.1) is 15.9 Å². The van der Waals surface area contributed by atoms with Crippen molar-refractivity contribution in [1.82, 2.24) is 4.72 Å². The molecule has 12 heteroatoms. The van der Waals surface area contributed by atoms with Gasteiger partial charge >= 0.3 is 5.97 Å². The van der Waals surface area contributed by atoms with Crippen molar-refractivity contribution in [2.75, 3.05) is 0 Å². The summed E-state index contributed by atoms with van der Waals surface area (Å²) in [6.45, 7) is 0. The second-order valence-corrected chi connectivity index (χ2v) is 6.65. The highest BCUT2D eigenvalue weighted by molar-refractivity contribution is 7.89. The Hall–Kier alpha value is -3.38. The summed E-state index contributed by atoms with van der Waals surface area (Å²) in [5, 5.41) is 31.1. The molecule has 0 unspecified atom stereocenters. The SMILES string of the molecule is O=C(O)[C@@H](NS(=O)(=O)c1ccc([N+](=O)[O-])cc1[N+](=O)[O-])c1ccccc1. The average Bonchev–Trinajstić information content (AvgIpc) is 2.59. The van der Waals surface area contributed by atoms with Crippen LogP contribution in [0.1, 0.15) is 11.6 Å². The molecule has 0 radical (unpaired) electrons. The Labute approximate surface area is 146 Å². The number of hydrogen-bond donors (Lipinski definition) is 2. The number of nitro benzene ring substituents is 2. The van der Waals surface area contributed by atoms with Crippen LogP contribution in [-0.2, 0) is 14.8 Å². The molecule has 0 heterocycles. The van der Waals surface area contributed by atoms with E-state index in [2.05, 4.69) is 0 Å². The molecule has 0 amide bonds. The van der Waals surface area contributed by atoms with E-state index in [1.54, 1.807) is 6.07 Å². The lowest BCUT2D eigenvalue weighted by Gasteiger charge is -2.15. The Bertz CT molecular complexity index is 975. The molecular formula is C14H11N3O8S. The van der Waals surface area contributed by atoms with E-state index in [0.29, 0.717) is 12.1 Å². The molecule has 26 heavy (non-hydrogen) atoms. The van der Waals surface area contributed by atoms with Crippen LogP contribution in [0.15, 0.2) is 53.4 Å². The summed E-state index contributed by atoms with van der Waals surface area (Å²) in [6.07, 6.45) is 0. The van der Waals surface area contributed by atoms with Crippen LogP contribution < -0.4 is 4.72 Å². The maximum atomic E-state index is 12.5. The highest BCUT2D eigenvalue weighted by Gasteiger charge is 2.33. The minimum Gasteiger partial charge on any atom is -0.480 e. The van der Waals surface area contributed by atoms with Crippen LogP contribution in [0, 0.1) is 20.2 Å². The molecule has 136 valence electrons. The Kier molecular flexibility index (Phi) is 5.28. The molecular weight excluding hydrogens is 370 g/mol. The lowest BCUT2D eigenvalue weighted by Crippen LogP contribution is -2.34. The fourth-order valence-electron chi connectivity index (χ4n) is 2.11. The Morgan fingerprint density at radius 3 is 2.15 bits per heavy atom. The molecule has 0 bridgehead atoms. The largest absolute Gasteiger partial charge is 0.480 e. The second-order valence-electron chi connectivity index (χ2n) is 4.97. The van der Waals surface area contributed by atoms with E-state index >= 15 is 0 Å². The fourth-order valence-corrected chi connectivity index (χ4v) is 3.44. The molecule has 2 aromatic rings. The summed E-state index contributed by atoms with van der Waals surface area (Å²) in [5.74, 6) is -1.52. The summed E-state index contributed by atoms with van der Waals surface area (Å²) < 4.78 is 26.8. The van der Waals surface area contributed by atoms with Gasteiger partial charge in [-0.05, 0) is 11.6 Å². The van der Waals surface area contributed by atoms with E-state index in [9.17, 15) is 38.5 Å². The molecule has 0 saturated carbocycles. The second kappa shape index (κ2) is 7.25. The van der Waals surface area contributed by atoms with Crippen molar-refractivity contribution >= 4 is 27.4 Å². The molecule has 0 spiro atoms. The Balaban J connectivity index is 2.51. The highest BCUT2D eigenvalue weighted by atomic mass is 32.2. The van der Waals surface area contributed by atoms with E-state index in [0.717, 1.165) is 6.07 Å². The van der Waals surface area contributed by atoms with E-state index in [-0.39, 0.29) is 5.56 Å². The molecule has 1 atom stereocenters. The van der Waals surface area contributed by atoms with Gasteiger partial charge in [-0.3, -0.25) is 25.0 Å². The number of nitrogens with one attached hydrogen (secondary N) is 1. The maximum Gasteiger partial charge on any atom is 0.326 e. The first-order valence-electron chi connectivity index (χ1n) is 6.86.